The number of H-pyrrole nitrogens is 1. The number of aryl methyl sites for hydroxylation is 2. The second-order valence-electron chi connectivity index (χ2n) is 6.48. The Balaban J connectivity index is 1.58. The average molecular weight is 381 g/mol. The average Bonchev–Trinajstić information content (AvgIpc) is 2.68. The number of carbonyl (C=O) groups is 1. The van der Waals surface area contributed by atoms with Crippen molar-refractivity contribution in [3.05, 3.63) is 75.6 Å². The third-order valence-corrected chi connectivity index (χ3v) is 5.48. The van der Waals surface area contributed by atoms with Gasteiger partial charge in [-0.15, -0.1) is 11.8 Å². The third-order valence-electron chi connectivity index (χ3n) is 4.49. The molecule has 4 nitrogen and oxygen atoms in total. The number of hydrogen-bond donors (Lipinski definition) is 2. The highest BCUT2D eigenvalue weighted by molar-refractivity contribution is 7.99. The number of hydrogen-bond acceptors (Lipinski definition) is 3. The van der Waals surface area contributed by atoms with Crippen LogP contribution in [-0.2, 0) is 23.4 Å². The lowest BCUT2D eigenvalue weighted by atomic mass is 10.1. The van der Waals surface area contributed by atoms with Gasteiger partial charge in [-0.05, 0) is 48.2 Å². The highest BCUT2D eigenvalue weighted by Gasteiger charge is 2.06. The Morgan fingerprint density at radius 2 is 1.70 bits per heavy atom. The summed E-state index contributed by atoms with van der Waals surface area (Å²) in [4.78, 5) is 27.8. The van der Waals surface area contributed by atoms with Crippen LogP contribution in [0.15, 0.2) is 53.3 Å². The third kappa shape index (κ3) is 5.01. The Bertz CT molecular complexity index is 993. The van der Waals surface area contributed by atoms with Crippen molar-refractivity contribution in [2.45, 2.75) is 32.4 Å². The second-order valence-corrected chi connectivity index (χ2v) is 7.47. The number of anilines is 1. The van der Waals surface area contributed by atoms with E-state index in [-0.39, 0.29) is 11.3 Å². The number of pyridine rings is 1. The molecule has 1 heterocycles. The van der Waals surface area contributed by atoms with Crippen LogP contribution in [0.25, 0.3) is 10.9 Å². The molecule has 0 aliphatic carbocycles. The van der Waals surface area contributed by atoms with E-state index >= 15 is 0 Å². The van der Waals surface area contributed by atoms with Crippen LogP contribution in [0, 0.1) is 0 Å². The van der Waals surface area contributed by atoms with E-state index in [2.05, 4.69) is 24.1 Å². The molecule has 1 amide bonds. The fraction of sp³-hybridized carbons (Fsp3) is 0.273. The molecule has 0 saturated carbocycles. The fourth-order valence-corrected chi connectivity index (χ4v) is 3.66. The summed E-state index contributed by atoms with van der Waals surface area (Å²) in [6.45, 7) is 4.17. The summed E-state index contributed by atoms with van der Waals surface area (Å²) >= 11 is 1.48. The minimum Gasteiger partial charge on any atom is -0.357 e. The standard InChI is InChI=1S/C22H24N2O2S/c1-3-15-5-8-17(9-6-15)24-22(26)14-27-13-18-12-21(25)19-11-16(4-2)7-10-20(19)23-18/h5-12H,3-4,13-14H2,1-2H3,(H,23,25)(H,24,26). The van der Waals surface area contributed by atoms with Crippen LogP contribution in [0.5, 0.6) is 0 Å². The maximum atomic E-state index is 12.3. The van der Waals surface area contributed by atoms with Gasteiger partial charge >= 0.3 is 0 Å². The minimum absolute atomic E-state index is 0.0233. The molecule has 0 aliphatic heterocycles. The van der Waals surface area contributed by atoms with Crippen molar-refractivity contribution < 1.29 is 4.79 Å². The molecule has 0 unspecified atom stereocenters. The van der Waals surface area contributed by atoms with E-state index in [1.807, 2.05) is 42.5 Å². The first-order valence-electron chi connectivity index (χ1n) is 9.20. The van der Waals surface area contributed by atoms with Crippen molar-refractivity contribution in [2.75, 3.05) is 11.1 Å². The van der Waals surface area contributed by atoms with Gasteiger partial charge in [0.1, 0.15) is 0 Å². The van der Waals surface area contributed by atoms with E-state index in [4.69, 9.17) is 0 Å². The van der Waals surface area contributed by atoms with Crippen LogP contribution in [0.3, 0.4) is 0 Å². The number of aromatic nitrogens is 1. The molecule has 5 heteroatoms. The molecule has 140 valence electrons. The van der Waals surface area contributed by atoms with Crippen molar-refractivity contribution in [3.8, 4) is 0 Å². The zero-order valence-electron chi connectivity index (χ0n) is 15.7. The summed E-state index contributed by atoms with van der Waals surface area (Å²) < 4.78 is 0. The highest BCUT2D eigenvalue weighted by atomic mass is 32.2. The zero-order valence-corrected chi connectivity index (χ0v) is 16.5. The van der Waals surface area contributed by atoms with E-state index in [9.17, 15) is 9.59 Å². The highest BCUT2D eigenvalue weighted by Crippen LogP contribution is 2.16. The quantitative estimate of drug-likeness (QED) is 0.633. The summed E-state index contributed by atoms with van der Waals surface area (Å²) in [5.41, 5.74) is 4.91. The van der Waals surface area contributed by atoms with Crippen LogP contribution in [0.2, 0.25) is 0 Å². The number of carbonyl (C=O) groups excluding carboxylic acids is 1. The van der Waals surface area contributed by atoms with Crippen molar-refractivity contribution in [3.63, 3.8) is 0 Å². The Morgan fingerprint density at radius 1 is 1.00 bits per heavy atom. The maximum Gasteiger partial charge on any atom is 0.234 e. The maximum absolute atomic E-state index is 12.3. The molecule has 1 aromatic heterocycles. The summed E-state index contributed by atoms with van der Waals surface area (Å²) in [6, 6.07) is 15.5. The Labute approximate surface area is 163 Å². The van der Waals surface area contributed by atoms with Gasteiger partial charge in [0.15, 0.2) is 5.43 Å². The van der Waals surface area contributed by atoms with Crippen molar-refractivity contribution in [2.24, 2.45) is 0 Å². The predicted octanol–water partition coefficient (Wildman–Crippen LogP) is 4.52. The van der Waals surface area contributed by atoms with Gasteiger partial charge in [0.2, 0.25) is 5.91 Å². The lowest BCUT2D eigenvalue weighted by Crippen LogP contribution is -2.14. The van der Waals surface area contributed by atoms with E-state index < -0.39 is 0 Å². The first-order valence-corrected chi connectivity index (χ1v) is 10.4. The summed E-state index contributed by atoms with van der Waals surface area (Å²) in [5.74, 6) is 0.882. The van der Waals surface area contributed by atoms with Crippen molar-refractivity contribution >= 4 is 34.3 Å². The second kappa shape index (κ2) is 8.91. The predicted molar refractivity (Wildman–Crippen MR) is 115 cm³/mol. The first kappa shape index (κ1) is 19.2. The van der Waals surface area contributed by atoms with Crippen LogP contribution in [0.1, 0.15) is 30.7 Å². The lowest BCUT2D eigenvalue weighted by molar-refractivity contribution is -0.113. The molecule has 0 radical (unpaired) electrons. The van der Waals surface area contributed by atoms with Gasteiger partial charge in [-0.3, -0.25) is 9.59 Å². The number of aromatic amines is 1. The molecule has 0 fully saturated rings. The normalized spacial score (nSPS) is 10.9. The number of thioether (sulfide) groups is 1. The number of benzene rings is 2. The van der Waals surface area contributed by atoms with E-state index in [1.54, 1.807) is 6.07 Å². The molecule has 2 aromatic carbocycles. The van der Waals surface area contributed by atoms with Gasteiger partial charge in [-0.1, -0.05) is 32.0 Å². The Hall–Kier alpha value is -2.53. The van der Waals surface area contributed by atoms with E-state index in [1.165, 1.54) is 17.3 Å². The molecule has 3 aromatic rings. The molecule has 0 saturated heterocycles. The molecule has 0 spiro atoms. The molecule has 27 heavy (non-hydrogen) atoms. The molecule has 0 aliphatic rings. The number of fused-ring (bicyclic) bond motifs is 1. The number of amides is 1. The number of nitrogens with one attached hydrogen (secondary N) is 2. The van der Waals surface area contributed by atoms with Gasteiger partial charge in [0.25, 0.3) is 0 Å². The fourth-order valence-electron chi connectivity index (χ4n) is 2.92. The molecule has 2 N–H and O–H groups in total. The SMILES string of the molecule is CCc1ccc(NC(=O)CSCc2cc(=O)c3cc(CC)ccc3[nH]2)cc1. The van der Waals surface area contributed by atoms with Gasteiger partial charge in [0, 0.05) is 34.1 Å². The molecule has 0 bridgehead atoms. The van der Waals surface area contributed by atoms with E-state index in [0.29, 0.717) is 11.5 Å². The van der Waals surface area contributed by atoms with Crippen LogP contribution in [0.4, 0.5) is 5.69 Å². The van der Waals surface area contributed by atoms with Gasteiger partial charge in [-0.25, -0.2) is 0 Å². The smallest absolute Gasteiger partial charge is 0.234 e. The summed E-state index contributed by atoms with van der Waals surface area (Å²) in [6.07, 6.45) is 1.89. The van der Waals surface area contributed by atoms with Gasteiger partial charge in [0.05, 0.1) is 5.75 Å². The largest absolute Gasteiger partial charge is 0.357 e. The van der Waals surface area contributed by atoms with Gasteiger partial charge in [-0.2, -0.15) is 0 Å². The van der Waals surface area contributed by atoms with E-state index in [0.717, 1.165) is 40.7 Å². The lowest BCUT2D eigenvalue weighted by Gasteiger charge is -2.07. The molecule has 0 atom stereocenters. The summed E-state index contributed by atoms with van der Waals surface area (Å²) in [7, 11) is 0. The molecular weight excluding hydrogens is 356 g/mol. The van der Waals surface area contributed by atoms with Gasteiger partial charge < -0.3 is 10.3 Å². The minimum atomic E-state index is -0.0417. The van der Waals surface area contributed by atoms with Crippen LogP contribution in [-0.4, -0.2) is 16.6 Å². The zero-order chi connectivity index (χ0) is 19.2. The Morgan fingerprint density at radius 3 is 2.41 bits per heavy atom. The van der Waals surface area contributed by atoms with Crippen molar-refractivity contribution in [1.29, 1.82) is 0 Å². The molecular formula is C22H24N2O2S. The monoisotopic (exact) mass is 380 g/mol. The Kier molecular flexibility index (Phi) is 6.35. The van der Waals surface area contributed by atoms with Crippen LogP contribution < -0.4 is 10.7 Å². The molecule has 3 rings (SSSR count). The summed E-state index contributed by atoms with van der Waals surface area (Å²) in [5, 5.41) is 3.62. The number of rotatable bonds is 7. The first-order chi connectivity index (χ1) is 13.1. The topological polar surface area (TPSA) is 62.0 Å². The van der Waals surface area contributed by atoms with Crippen molar-refractivity contribution in [1.82, 2.24) is 4.98 Å². The van der Waals surface area contributed by atoms with Crippen LogP contribution >= 0.6 is 11.8 Å².